The fraction of sp³-hybridized carbons (Fsp3) is 0.167. The van der Waals surface area contributed by atoms with Gasteiger partial charge in [-0.25, -0.2) is 0 Å². The first-order valence-electron chi connectivity index (χ1n) is 9.64. The van der Waals surface area contributed by atoms with Gasteiger partial charge in [-0.15, -0.1) is 11.3 Å². The fourth-order valence-electron chi connectivity index (χ4n) is 3.72. The molecule has 2 N–H and O–H groups in total. The van der Waals surface area contributed by atoms with Gasteiger partial charge in [-0.3, -0.25) is 14.5 Å². The van der Waals surface area contributed by atoms with E-state index < -0.39 is 17.7 Å². The molecule has 1 aliphatic rings. The number of anilines is 1. The number of hydrogen-bond acceptors (Lipinski definition) is 5. The zero-order valence-electron chi connectivity index (χ0n) is 16.4. The third-order valence-corrected chi connectivity index (χ3v) is 6.12. The fourth-order valence-corrected chi connectivity index (χ4v) is 4.54. The maximum atomic E-state index is 13.2. The number of aliphatic hydroxyl groups is 1. The third kappa shape index (κ3) is 3.62. The van der Waals surface area contributed by atoms with Gasteiger partial charge >= 0.3 is 0 Å². The van der Waals surface area contributed by atoms with Crippen LogP contribution in [0.15, 0.2) is 77.4 Å². The quantitative estimate of drug-likeness (QED) is 0.598. The summed E-state index contributed by atoms with van der Waals surface area (Å²) < 4.78 is 0. The molecule has 0 fully saturated rings. The van der Waals surface area contributed by atoms with Crippen molar-refractivity contribution in [1.82, 2.24) is 0 Å². The van der Waals surface area contributed by atoms with Crippen LogP contribution in [-0.4, -0.2) is 21.9 Å². The number of hydrogen-bond donors (Lipinski definition) is 2. The Balaban J connectivity index is 1.72. The van der Waals surface area contributed by atoms with Crippen molar-refractivity contribution in [2.45, 2.75) is 25.8 Å². The predicted octanol–water partition coefficient (Wildman–Crippen LogP) is 4.86. The second-order valence-electron chi connectivity index (χ2n) is 7.26. The van der Waals surface area contributed by atoms with E-state index in [-0.39, 0.29) is 29.2 Å². The maximum Gasteiger partial charge on any atom is 0.294 e. The van der Waals surface area contributed by atoms with Gasteiger partial charge in [-0.05, 0) is 48.1 Å². The van der Waals surface area contributed by atoms with E-state index in [2.05, 4.69) is 0 Å². The molecule has 0 aliphatic carbocycles. The van der Waals surface area contributed by atoms with Crippen molar-refractivity contribution < 1.29 is 19.8 Å². The molecule has 0 radical (unpaired) electrons. The smallest absolute Gasteiger partial charge is 0.294 e. The van der Waals surface area contributed by atoms with Gasteiger partial charge in [0.15, 0.2) is 11.5 Å². The number of aliphatic hydroxyl groups excluding tert-OH is 1. The van der Waals surface area contributed by atoms with Crippen molar-refractivity contribution in [3.8, 4) is 5.75 Å². The number of aromatic hydroxyl groups is 1. The van der Waals surface area contributed by atoms with Crippen LogP contribution < -0.4 is 4.90 Å². The van der Waals surface area contributed by atoms with Crippen LogP contribution in [0.3, 0.4) is 0 Å². The summed E-state index contributed by atoms with van der Waals surface area (Å²) in [7, 11) is 0. The van der Waals surface area contributed by atoms with Crippen LogP contribution in [0.1, 0.15) is 28.5 Å². The first-order chi connectivity index (χ1) is 14.5. The van der Waals surface area contributed by atoms with Crippen molar-refractivity contribution in [1.29, 1.82) is 0 Å². The van der Waals surface area contributed by atoms with E-state index in [0.717, 1.165) is 16.0 Å². The molecule has 0 spiro atoms. The molecule has 5 nitrogen and oxygen atoms in total. The van der Waals surface area contributed by atoms with Crippen LogP contribution in [0, 0.1) is 6.92 Å². The highest BCUT2D eigenvalue weighted by atomic mass is 32.1. The molecule has 1 amide bonds. The van der Waals surface area contributed by atoms with Gasteiger partial charge in [-0.1, -0.05) is 42.5 Å². The number of carbonyl (C=O) groups excluding carboxylic acids is 2. The average molecular weight is 420 g/mol. The number of thiophene rings is 1. The number of amides is 1. The SMILES string of the molecule is Cc1ccc(O)c(N2C(=O)C(O)=C(C(=O)CCc3ccccc3)C2c2cccs2)c1. The van der Waals surface area contributed by atoms with Crippen LogP contribution in [0.25, 0.3) is 0 Å². The highest BCUT2D eigenvalue weighted by Gasteiger charge is 2.45. The van der Waals surface area contributed by atoms with Crippen LogP contribution in [0.2, 0.25) is 0 Å². The lowest BCUT2D eigenvalue weighted by atomic mass is 9.96. The van der Waals surface area contributed by atoms with Gasteiger partial charge in [0, 0.05) is 11.3 Å². The largest absolute Gasteiger partial charge is 0.506 e. The molecule has 4 rings (SSSR count). The van der Waals surface area contributed by atoms with E-state index in [9.17, 15) is 19.8 Å². The van der Waals surface area contributed by atoms with E-state index in [1.54, 1.807) is 12.1 Å². The Bertz CT molecular complexity index is 1120. The van der Waals surface area contributed by atoms with Gasteiger partial charge in [-0.2, -0.15) is 0 Å². The molecule has 1 unspecified atom stereocenters. The Hall–Kier alpha value is -3.38. The summed E-state index contributed by atoms with van der Waals surface area (Å²) in [5, 5.41) is 22.9. The second-order valence-corrected chi connectivity index (χ2v) is 8.24. The highest BCUT2D eigenvalue weighted by Crippen LogP contribution is 2.45. The van der Waals surface area contributed by atoms with E-state index in [1.165, 1.54) is 22.3 Å². The molecule has 30 heavy (non-hydrogen) atoms. The van der Waals surface area contributed by atoms with Crippen molar-refractivity contribution in [3.05, 3.63) is 93.4 Å². The number of Topliss-reactive ketones (excluding diaryl/α,β-unsaturated/α-hetero) is 1. The van der Waals surface area contributed by atoms with E-state index in [1.807, 2.05) is 54.8 Å². The number of phenols is 1. The molecule has 1 aromatic heterocycles. The van der Waals surface area contributed by atoms with Crippen molar-refractivity contribution in [2.75, 3.05) is 4.90 Å². The average Bonchev–Trinajstić information content (AvgIpc) is 3.36. The molecule has 2 aromatic carbocycles. The Morgan fingerprint density at radius 1 is 1.07 bits per heavy atom. The Morgan fingerprint density at radius 2 is 1.83 bits per heavy atom. The lowest BCUT2D eigenvalue weighted by Crippen LogP contribution is -2.30. The molecule has 3 aromatic rings. The van der Waals surface area contributed by atoms with E-state index in [0.29, 0.717) is 6.42 Å². The van der Waals surface area contributed by atoms with Gasteiger partial charge in [0.25, 0.3) is 5.91 Å². The summed E-state index contributed by atoms with van der Waals surface area (Å²) in [5.74, 6) is -1.59. The number of rotatable bonds is 6. The Morgan fingerprint density at radius 3 is 2.53 bits per heavy atom. The first-order valence-corrected chi connectivity index (χ1v) is 10.5. The summed E-state index contributed by atoms with van der Waals surface area (Å²) in [5.41, 5.74) is 2.22. The number of aryl methyl sites for hydroxylation is 2. The monoisotopic (exact) mass is 419 g/mol. The topological polar surface area (TPSA) is 77.8 Å². The number of ketones is 1. The molecule has 152 valence electrons. The normalized spacial score (nSPS) is 16.4. The van der Waals surface area contributed by atoms with Crippen LogP contribution in [0.5, 0.6) is 5.75 Å². The molecule has 2 heterocycles. The molecular weight excluding hydrogens is 398 g/mol. The molecule has 6 heteroatoms. The van der Waals surface area contributed by atoms with Gasteiger partial charge < -0.3 is 10.2 Å². The van der Waals surface area contributed by atoms with E-state index in [4.69, 9.17) is 0 Å². The van der Waals surface area contributed by atoms with Crippen molar-refractivity contribution in [2.24, 2.45) is 0 Å². The van der Waals surface area contributed by atoms with Gasteiger partial charge in [0.05, 0.1) is 11.3 Å². The lowest BCUT2D eigenvalue weighted by Gasteiger charge is -2.26. The minimum atomic E-state index is -0.770. The minimum absolute atomic E-state index is 0.0821. The minimum Gasteiger partial charge on any atom is -0.506 e. The molecule has 1 aliphatic heterocycles. The zero-order valence-corrected chi connectivity index (χ0v) is 17.2. The van der Waals surface area contributed by atoms with Crippen LogP contribution in [0.4, 0.5) is 5.69 Å². The number of nitrogens with zero attached hydrogens (tertiary/aromatic N) is 1. The third-order valence-electron chi connectivity index (χ3n) is 5.20. The highest BCUT2D eigenvalue weighted by molar-refractivity contribution is 7.10. The summed E-state index contributed by atoms with van der Waals surface area (Å²) in [6.45, 7) is 1.85. The summed E-state index contributed by atoms with van der Waals surface area (Å²) in [4.78, 5) is 28.2. The van der Waals surface area contributed by atoms with Crippen LogP contribution in [-0.2, 0) is 16.0 Å². The molecule has 0 saturated heterocycles. The molecule has 1 atom stereocenters. The van der Waals surface area contributed by atoms with Gasteiger partial charge in [0.2, 0.25) is 0 Å². The number of phenolic OH excluding ortho intramolecular Hbond substituents is 1. The Labute approximate surface area is 178 Å². The first kappa shape index (κ1) is 19.9. The number of carbonyl (C=O) groups is 2. The van der Waals surface area contributed by atoms with E-state index >= 15 is 0 Å². The standard InChI is InChI=1S/C24H21NO4S/c1-15-9-11-18(26)17(14-15)25-22(20-8-5-13-30-20)21(23(28)24(25)29)19(27)12-10-16-6-3-2-4-7-16/h2-9,11,13-14,22,26,28H,10,12H2,1H3. The van der Waals surface area contributed by atoms with Crippen molar-refractivity contribution in [3.63, 3.8) is 0 Å². The lowest BCUT2D eigenvalue weighted by molar-refractivity contribution is -0.118. The summed E-state index contributed by atoms with van der Waals surface area (Å²) in [6.07, 6.45) is 0.684. The van der Waals surface area contributed by atoms with Crippen molar-refractivity contribution >= 4 is 28.7 Å². The molecule has 0 bridgehead atoms. The second kappa shape index (κ2) is 8.16. The molecular formula is C24H21NO4S. The Kier molecular flexibility index (Phi) is 5.42. The molecule has 0 saturated carbocycles. The zero-order chi connectivity index (χ0) is 21.3. The van der Waals surface area contributed by atoms with Crippen LogP contribution >= 0.6 is 11.3 Å². The van der Waals surface area contributed by atoms with Gasteiger partial charge in [0.1, 0.15) is 11.8 Å². The predicted molar refractivity (Wildman–Crippen MR) is 117 cm³/mol. The summed E-state index contributed by atoms with van der Waals surface area (Å²) >= 11 is 1.40. The maximum absolute atomic E-state index is 13.2. The number of benzene rings is 2. The summed E-state index contributed by atoms with van der Waals surface area (Å²) in [6, 6.07) is 17.4.